The molecule has 2 rings (SSSR count). The summed E-state index contributed by atoms with van der Waals surface area (Å²) in [6, 6.07) is 10.8. The van der Waals surface area contributed by atoms with E-state index in [-0.39, 0.29) is 12.5 Å². The van der Waals surface area contributed by atoms with Crippen molar-refractivity contribution >= 4 is 33.8 Å². The number of rotatable bonds is 7. The first-order chi connectivity index (χ1) is 11.6. The molecule has 0 unspecified atom stereocenters. The highest BCUT2D eigenvalue weighted by Crippen LogP contribution is 2.32. The van der Waals surface area contributed by atoms with Gasteiger partial charge in [0.2, 0.25) is 0 Å². The predicted octanol–water partition coefficient (Wildman–Crippen LogP) is 3.85. The molecule has 0 bridgehead atoms. The number of aryl methyl sites for hydroxylation is 1. The lowest BCUT2D eigenvalue weighted by Gasteiger charge is -2.12. The van der Waals surface area contributed by atoms with Crippen molar-refractivity contribution in [2.45, 2.75) is 13.3 Å². The molecule has 0 radical (unpaired) electrons. The summed E-state index contributed by atoms with van der Waals surface area (Å²) in [5.74, 6) is 0.481. The number of amides is 1. The van der Waals surface area contributed by atoms with E-state index in [9.17, 15) is 9.59 Å². The van der Waals surface area contributed by atoms with Gasteiger partial charge in [-0.1, -0.05) is 19.1 Å². The third kappa shape index (κ3) is 4.58. The van der Waals surface area contributed by atoms with E-state index in [0.29, 0.717) is 27.8 Å². The number of benzene rings is 2. The van der Waals surface area contributed by atoms with E-state index >= 15 is 0 Å². The number of aldehydes is 1. The van der Waals surface area contributed by atoms with E-state index in [0.717, 1.165) is 17.7 Å². The van der Waals surface area contributed by atoms with Crippen molar-refractivity contribution in [3.63, 3.8) is 0 Å². The van der Waals surface area contributed by atoms with Crippen LogP contribution in [0, 0.1) is 0 Å². The van der Waals surface area contributed by atoms with E-state index in [1.807, 2.05) is 24.3 Å². The normalized spacial score (nSPS) is 10.1. The summed E-state index contributed by atoms with van der Waals surface area (Å²) in [6.07, 6.45) is 1.59. The molecule has 0 aliphatic rings. The molecule has 2 aromatic carbocycles. The van der Waals surface area contributed by atoms with Crippen LogP contribution < -0.4 is 14.8 Å². The van der Waals surface area contributed by atoms with Crippen LogP contribution in [0.15, 0.2) is 40.9 Å². The molecule has 2 aromatic rings. The second kappa shape index (κ2) is 8.49. The van der Waals surface area contributed by atoms with E-state index in [1.165, 1.54) is 13.2 Å². The first-order valence-corrected chi connectivity index (χ1v) is 8.21. The molecule has 0 saturated carbocycles. The summed E-state index contributed by atoms with van der Waals surface area (Å²) in [5.41, 5.74) is 2.28. The van der Waals surface area contributed by atoms with Crippen molar-refractivity contribution in [3.05, 3.63) is 52.0 Å². The van der Waals surface area contributed by atoms with Crippen molar-refractivity contribution in [1.29, 1.82) is 0 Å². The highest BCUT2D eigenvalue weighted by Gasteiger charge is 2.12. The number of nitrogens with one attached hydrogen (secondary N) is 1. The quantitative estimate of drug-likeness (QED) is 0.727. The van der Waals surface area contributed by atoms with Crippen molar-refractivity contribution in [2.75, 3.05) is 19.0 Å². The Hall–Kier alpha value is -2.34. The summed E-state index contributed by atoms with van der Waals surface area (Å²) >= 11 is 3.27. The molecule has 0 aliphatic heterocycles. The Morgan fingerprint density at radius 3 is 2.71 bits per heavy atom. The predicted molar refractivity (Wildman–Crippen MR) is 96.0 cm³/mol. The Kier molecular flexibility index (Phi) is 6.37. The maximum absolute atomic E-state index is 12.1. The van der Waals surface area contributed by atoms with Crippen LogP contribution in [0.2, 0.25) is 0 Å². The van der Waals surface area contributed by atoms with Crippen LogP contribution in [0.5, 0.6) is 11.5 Å². The van der Waals surface area contributed by atoms with Gasteiger partial charge < -0.3 is 14.8 Å². The first-order valence-electron chi connectivity index (χ1n) is 7.41. The Bertz CT molecular complexity index is 746. The average molecular weight is 392 g/mol. The maximum atomic E-state index is 12.1. The highest BCUT2D eigenvalue weighted by molar-refractivity contribution is 9.10. The standard InChI is InChI=1S/C18H18BrNO4/c1-3-12-5-4-6-14(7-12)20-18(22)11-24-17-8-13(10-21)15(19)9-16(17)23-2/h4-10H,3,11H2,1-2H3,(H,20,22). The van der Waals surface area contributed by atoms with Gasteiger partial charge in [0.05, 0.1) is 7.11 Å². The molecule has 0 spiro atoms. The number of methoxy groups -OCH3 is 1. The fourth-order valence-corrected chi connectivity index (χ4v) is 2.54. The lowest BCUT2D eigenvalue weighted by molar-refractivity contribution is -0.118. The smallest absolute Gasteiger partial charge is 0.262 e. The minimum atomic E-state index is -0.291. The lowest BCUT2D eigenvalue weighted by atomic mass is 10.1. The molecular weight excluding hydrogens is 374 g/mol. The maximum Gasteiger partial charge on any atom is 0.262 e. The Morgan fingerprint density at radius 1 is 1.25 bits per heavy atom. The van der Waals surface area contributed by atoms with E-state index in [4.69, 9.17) is 9.47 Å². The lowest BCUT2D eigenvalue weighted by Crippen LogP contribution is -2.20. The molecule has 6 heteroatoms. The summed E-state index contributed by atoms with van der Waals surface area (Å²) < 4.78 is 11.3. The van der Waals surface area contributed by atoms with Crippen molar-refractivity contribution < 1.29 is 19.1 Å². The molecule has 1 amide bonds. The zero-order valence-corrected chi connectivity index (χ0v) is 15.1. The molecule has 5 nitrogen and oxygen atoms in total. The molecule has 0 aliphatic carbocycles. The van der Waals surface area contributed by atoms with Crippen molar-refractivity contribution in [1.82, 2.24) is 0 Å². The summed E-state index contributed by atoms with van der Waals surface area (Å²) in [6.45, 7) is 1.86. The van der Waals surface area contributed by atoms with E-state index in [1.54, 1.807) is 6.07 Å². The van der Waals surface area contributed by atoms with Gasteiger partial charge >= 0.3 is 0 Å². The fraction of sp³-hybridized carbons (Fsp3) is 0.222. The molecular formula is C18H18BrNO4. The zero-order chi connectivity index (χ0) is 17.5. The van der Waals surface area contributed by atoms with Crippen LogP contribution in [-0.2, 0) is 11.2 Å². The fourth-order valence-electron chi connectivity index (χ4n) is 2.12. The number of hydrogen-bond acceptors (Lipinski definition) is 4. The molecule has 0 atom stereocenters. The van der Waals surface area contributed by atoms with Gasteiger partial charge in [-0.05, 0) is 52.2 Å². The minimum Gasteiger partial charge on any atom is -0.493 e. The third-order valence-corrected chi connectivity index (χ3v) is 4.07. The number of hydrogen-bond donors (Lipinski definition) is 1. The number of anilines is 1. The van der Waals surface area contributed by atoms with Gasteiger partial charge in [0.1, 0.15) is 0 Å². The van der Waals surface area contributed by atoms with Gasteiger partial charge in [-0.3, -0.25) is 9.59 Å². The van der Waals surface area contributed by atoms with Gasteiger partial charge in [-0.2, -0.15) is 0 Å². The third-order valence-electron chi connectivity index (χ3n) is 3.39. The van der Waals surface area contributed by atoms with E-state index in [2.05, 4.69) is 28.2 Å². The Labute approximate surface area is 149 Å². The second-order valence-corrected chi connectivity index (χ2v) is 5.89. The average Bonchev–Trinajstić information content (AvgIpc) is 2.60. The van der Waals surface area contributed by atoms with Gasteiger partial charge in [-0.25, -0.2) is 0 Å². The SMILES string of the molecule is CCc1cccc(NC(=O)COc2cc(C=O)c(Br)cc2OC)c1. The van der Waals surface area contributed by atoms with E-state index < -0.39 is 0 Å². The molecule has 0 aromatic heterocycles. The van der Waals surface area contributed by atoms with Crippen molar-refractivity contribution in [3.8, 4) is 11.5 Å². The van der Waals surface area contributed by atoms with Crippen molar-refractivity contribution in [2.24, 2.45) is 0 Å². The molecule has 1 N–H and O–H groups in total. The molecule has 0 saturated heterocycles. The Morgan fingerprint density at radius 2 is 2.04 bits per heavy atom. The molecule has 0 fully saturated rings. The topological polar surface area (TPSA) is 64.6 Å². The van der Waals surface area contributed by atoms with Gasteiger partial charge in [0.15, 0.2) is 24.4 Å². The number of carbonyl (C=O) groups excluding carboxylic acids is 2. The Balaban J connectivity index is 2.04. The summed E-state index contributed by atoms with van der Waals surface area (Å²) in [7, 11) is 1.49. The van der Waals surface area contributed by atoms with Crippen LogP contribution in [-0.4, -0.2) is 25.9 Å². The number of ether oxygens (including phenoxy) is 2. The van der Waals surface area contributed by atoms with Gasteiger partial charge in [-0.15, -0.1) is 0 Å². The van der Waals surface area contributed by atoms with Gasteiger partial charge in [0.25, 0.3) is 5.91 Å². The van der Waals surface area contributed by atoms with Crippen LogP contribution in [0.25, 0.3) is 0 Å². The van der Waals surface area contributed by atoms with Gasteiger partial charge in [0, 0.05) is 15.7 Å². The highest BCUT2D eigenvalue weighted by atomic mass is 79.9. The van der Waals surface area contributed by atoms with Crippen LogP contribution in [0.1, 0.15) is 22.8 Å². The largest absolute Gasteiger partial charge is 0.493 e. The van der Waals surface area contributed by atoms with Crippen LogP contribution >= 0.6 is 15.9 Å². The minimum absolute atomic E-state index is 0.188. The summed E-state index contributed by atoms with van der Waals surface area (Å²) in [5, 5.41) is 2.78. The molecule has 0 heterocycles. The number of carbonyl (C=O) groups is 2. The zero-order valence-electron chi connectivity index (χ0n) is 13.5. The first kappa shape index (κ1) is 18.0. The monoisotopic (exact) mass is 391 g/mol. The number of halogens is 1. The second-order valence-electron chi connectivity index (χ2n) is 5.03. The molecule has 24 heavy (non-hydrogen) atoms. The van der Waals surface area contributed by atoms with Crippen LogP contribution in [0.3, 0.4) is 0 Å². The van der Waals surface area contributed by atoms with Crippen LogP contribution in [0.4, 0.5) is 5.69 Å². The summed E-state index contributed by atoms with van der Waals surface area (Å²) in [4.78, 5) is 23.1. The molecule has 126 valence electrons.